The molecule has 0 aliphatic rings. The largest absolute Gasteiger partial charge is 0.467 e. The molecule has 0 unspecified atom stereocenters. The summed E-state index contributed by atoms with van der Waals surface area (Å²) in [5, 5.41) is 0.185. The van der Waals surface area contributed by atoms with E-state index in [1.165, 1.54) is 16.7 Å². The molecule has 0 aliphatic heterocycles. The van der Waals surface area contributed by atoms with Gasteiger partial charge in [-0.05, 0) is 49.2 Å². The van der Waals surface area contributed by atoms with Gasteiger partial charge in [0, 0.05) is 6.20 Å². The van der Waals surface area contributed by atoms with Gasteiger partial charge in [0.25, 0.3) is 11.5 Å². The molecular formula is C29H26N4O5. The lowest BCUT2D eigenvalue weighted by molar-refractivity contribution is -0.119. The van der Waals surface area contributed by atoms with Crippen molar-refractivity contribution in [3.8, 4) is 0 Å². The first kappa shape index (κ1) is 24.9. The lowest BCUT2D eigenvalue weighted by Gasteiger charge is -2.16. The molecule has 9 nitrogen and oxygen atoms in total. The number of amides is 1. The highest BCUT2D eigenvalue weighted by molar-refractivity contribution is 5.94. The van der Waals surface area contributed by atoms with Gasteiger partial charge in [0.2, 0.25) is 0 Å². The number of aromatic nitrogens is 3. The average Bonchev–Trinajstić information content (AvgIpc) is 3.45. The van der Waals surface area contributed by atoms with E-state index in [2.05, 4.69) is 4.99 Å². The number of rotatable bonds is 7. The summed E-state index contributed by atoms with van der Waals surface area (Å²) < 4.78 is 13.9. The predicted octanol–water partition coefficient (Wildman–Crippen LogP) is 4.09. The second-order valence-electron chi connectivity index (χ2n) is 8.67. The fraction of sp³-hybridized carbons (Fsp3) is 0.207. The quantitative estimate of drug-likeness (QED) is 0.241. The molecule has 5 aromatic rings. The maximum absolute atomic E-state index is 13.6. The second-order valence-corrected chi connectivity index (χ2v) is 8.67. The van der Waals surface area contributed by atoms with Crippen LogP contribution in [0.25, 0.3) is 16.7 Å². The normalized spacial score (nSPS) is 12.6. The number of fused-ring (bicyclic) bond motifs is 2. The van der Waals surface area contributed by atoms with Crippen molar-refractivity contribution < 1.29 is 18.7 Å². The van der Waals surface area contributed by atoms with Gasteiger partial charge in [-0.3, -0.25) is 14.0 Å². The van der Waals surface area contributed by atoms with E-state index >= 15 is 0 Å². The van der Waals surface area contributed by atoms with Gasteiger partial charge in [-0.25, -0.2) is 9.78 Å². The van der Waals surface area contributed by atoms with E-state index in [0.717, 1.165) is 5.56 Å². The highest BCUT2D eigenvalue weighted by Gasteiger charge is 2.23. The second kappa shape index (κ2) is 10.7. The van der Waals surface area contributed by atoms with Crippen molar-refractivity contribution in [1.82, 2.24) is 14.0 Å². The first-order valence-corrected chi connectivity index (χ1v) is 12.4. The van der Waals surface area contributed by atoms with Crippen LogP contribution in [0.5, 0.6) is 0 Å². The average molecular weight is 511 g/mol. The van der Waals surface area contributed by atoms with Gasteiger partial charge in [-0.2, -0.15) is 4.99 Å². The van der Waals surface area contributed by atoms with Crippen molar-refractivity contribution in [1.29, 1.82) is 0 Å². The maximum Gasteiger partial charge on any atom is 0.341 e. The van der Waals surface area contributed by atoms with Gasteiger partial charge in [0.05, 0.1) is 30.7 Å². The highest BCUT2D eigenvalue weighted by Crippen LogP contribution is 2.21. The molecule has 4 aromatic heterocycles. The Balaban J connectivity index is 1.86. The standard InChI is InChI=1S/C29H26N4O5/c1-3-21(19-11-6-5-7-12-19)27(34)31-26-23(29(36)37-4-2)17-22-25(33(26)18-20-13-10-16-38-20)30-24-14-8-9-15-32(24)28(22)35/h5-17,21H,3-4,18H2,1-2H3/t21-/m0/s1. The minimum absolute atomic E-state index is 0.00282. The van der Waals surface area contributed by atoms with Crippen LogP contribution < -0.4 is 11.0 Å². The minimum atomic E-state index is -0.695. The summed E-state index contributed by atoms with van der Waals surface area (Å²) in [6, 6.07) is 19.5. The predicted molar refractivity (Wildman–Crippen MR) is 141 cm³/mol. The van der Waals surface area contributed by atoms with Crippen LogP contribution in [0.3, 0.4) is 0 Å². The number of nitrogens with zero attached hydrogens (tertiary/aromatic N) is 4. The smallest absolute Gasteiger partial charge is 0.341 e. The summed E-state index contributed by atoms with van der Waals surface area (Å²) in [6.45, 7) is 3.78. The maximum atomic E-state index is 13.6. The molecule has 0 fully saturated rings. The molecule has 9 heteroatoms. The summed E-state index contributed by atoms with van der Waals surface area (Å²) in [7, 11) is 0. The van der Waals surface area contributed by atoms with Crippen LogP contribution in [0.1, 0.15) is 47.9 Å². The van der Waals surface area contributed by atoms with E-state index < -0.39 is 17.8 Å². The van der Waals surface area contributed by atoms with Crippen LogP contribution in [0, 0.1) is 0 Å². The van der Waals surface area contributed by atoms with Gasteiger partial charge < -0.3 is 13.7 Å². The van der Waals surface area contributed by atoms with Crippen molar-refractivity contribution in [3.05, 3.63) is 112 Å². The van der Waals surface area contributed by atoms with Crippen LogP contribution in [0.2, 0.25) is 0 Å². The number of hydrogen-bond donors (Lipinski definition) is 0. The molecule has 1 amide bonds. The minimum Gasteiger partial charge on any atom is -0.467 e. The van der Waals surface area contributed by atoms with Crippen molar-refractivity contribution in [2.75, 3.05) is 6.61 Å². The molecule has 0 bridgehead atoms. The lowest BCUT2D eigenvalue weighted by atomic mass is 9.96. The van der Waals surface area contributed by atoms with Gasteiger partial charge in [0.15, 0.2) is 5.49 Å². The molecule has 0 saturated carbocycles. The Labute approximate surface area is 217 Å². The number of carbonyl (C=O) groups excluding carboxylic acids is 2. The van der Waals surface area contributed by atoms with E-state index in [-0.39, 0.29) is 40.8 Å². The Hall–Kier alpha value is -4.79. The molecule has 1 atom stereocenters. The summed E-state index contributed by atoms with van der Waals surface area (Å²) >= 11 is 0. The molecule has 0 aliphatic carbocycles. The van der Waals surface area contributed by atoms with Crippen LogP contribution in [0.15, 0.2) is 93.4 Å². The zero-order valence-electron chi connectivity index (χ0n) is 21.0. The topological polar surface area (TPSA) is 108 Å². The number of furan rings is 1. The van der Waals surface area contributed by atoms with Gasteiger partial charge in [-0.1, -0.05) is 43.3 Å². The third-order valence-corrected chi connectivity index (χ3v) is 6.30. The highest BCUT2D eigenvalue weighted by atomic mass is 16.5. The zero-order chi connectivity index (χ0) is 26.6. The molecule has 1 aromatic carbocycles. The Bertz CT molecular complexity index is 1750. The molecule has 0 spiro atoms. The van der Waals surface area contributed by atoms with Crippen LogP contribution >= 0.6 is 0 Å². The number of esters is 1. The Morgan fingerprint density at radius 2 is 1.84 bits per heavy atom. The summed E-state index contributed by atoms with van der Waals surface area (Å²) in [6.07, 6.45) is 3.64. The van der Waals surface area contributed by atoms with Crippen LogP contribution in [-0.4, -0.2) is 32.4 Å². The van der Waals surface area contributed by atoms with Gasteiger partial charge >= 0.3 is 5.97 Å². The third-order valence-electron chi connectivity index (χ3n) is 6.30. The summed E-state index contributed by atoms with van der Waals surface area (Å²) in [4.78, 5) is 49.5. The Kier molecular flexibility index (Phi) is 6.99. The van der Waals surface area contributed by atoms with Gasteiger partial charge in [-0.15, -0.1) is 0 Å². The van der Waals surface area contributed by atoms with Crippen molar-refractivity contribution in [2.24, 2.45) is 4.99 Å². The first-order valence-electron chi connectivity index (χ1n) is 12.4. The third kappa shape index (κ3) is 4.66. The SMILES string of the molecule is CCOC(=O)c1cc2c(=O)n3ccccc3nc2n(Cc2ccco2)c1=NC(=O)[C@@H](CC)c1ccccc1. The fourth-order valence-electron chi connectivity index (χ4n) is 4.49. The Morgan fingerprint density at radius 3 is 2.55 bits per heavy atom. The van der Waals surface area contributed by atoms with E-state index in [4.69, 9.17) is 14.1 Å². The van der Waals surface area contributed by atoms with Crippen molar-refractivity contribution >= 4 is 28.6 Å². The molecule has 38 heavy (non-hydrogen) atoms. The van der Waals surface area contributed by atoms with Crippen molar-refractivity contribution in [3.63, 3.8) is 0 Å². The number of benzene rings is 1. The van der Waals surface area contributed by atoms with E-state index in [1.54, 1.807) is 48.0 Å². The monoisotopic (exact) mass is 510 g/mol. The van der Waals surface area contributed by atoms with Crippen molar-refractivity contribution in [2.45, 2.75) is 32.7 Å². The fourth-order valence-corrected chi connectivity index (χ4v) is 4.49. The lowest BCUT2D eigenvalue weighted by Crippen LogP contribution is -2.33. The molecule has 0 N–H and O–H groups in total. The molecule has 192 valence electrons. The molecule has 5 rings (SSSR count). The summed E-state index contributed by atoms with van der Waals surface area (Å²) in [5.41, 5.74) is 1.19. The van der Waals surface area contributed by atoms with E-state index in [1.807, 2.05) is 37.3 Å². The number of ether oxygens (including phenoxy) is 1. The number of carbonyl (C=O) groups is 2. The van der Waals surface area contributed by atoms with E-state index in [0.29, 0.717) is 17.8 Å². The van der Waals surface area contributed by atoms with Crippen LogP contribution in [0.4, 0.5) is 0 Å². The molecule has 4 heterocycles. The van der Waals surface area contributed by atoms with E-state index in [9.17, 15) is 14.4 Å². The zero-order valence-corrected chi connectivity index (χ0v) is 21.0. The van der Waals surface area contributed by atoms with Gasteiger partial charge in [0.1, 0.15) is 22.6 Å². The Morgan fingerprint density at radius 1 is 1.05 bits per heavy atom. The first-order chi connectivity index (χ1) is 18.5. The van der Waals surface area contributed by atoms with Crippen LogP contribution in [-0.2, 0) is 16.1 Å². The molecular weight excluding hydrogens is 484 g/mol. The summed E-state index contributed by atoms with van der Waals surface area (Å²) in [5.74, 6) is -1.10. The number of hydrogen-bond acceptors (Lipinski definition) is 6. The molecule has 0 saturated heterocycles. The number of pyridine rings is 2. The molecule has 0 radical (unpaired) electrons.